The molecule has 0 fully saturated rings. The third-order valence-electron chi connectivity index (χ3n) is 4.51. The number of hydrogen-bond donors (Lipinski definition) is 0. The number of carbonyl (C=O) groups excluding carboxylic acids is 2. The molecule has 4 nitrogen and oxygen atoms in total. The second-order valence-electron chi connectivity index (χ2n) is 6.05. The average Bonchev–Trinajstić information content (AvgIpc) is 3.11. The lowest BCUT2D eigenvalue weighted by molar-refractivity contribution is -0.133. The zero-order chi connectivity index (χ0) is 16.1. The molecule has 0 unspecified atom stereocenters. The Bertz CT molecular complexity index is 808. The Labute approximate surface area is 133 Å². The van der Waals surface area contributed by atoms with Crippen LogP contribution in [0.1, 0.15) is 43.2 Å². The minimum Gasteiger partial charge on any atom is -0.426 e. The first-order valence-corrected chi connectivity index (χ1v) is 7.70. The van der Waals surface area contributed by atoms with E-state index < -0.39 is 0 Å². The number of allylic oxidation sites excluding steroid dienone is 2. The van der Waals surface area contributed by atoms with E-state index in [2.05, 4.69) is 12.2 Å². The fourth-order valence-corrected chi connectivity index (χ4v) is 3.78. The van der Waals surface area contributed by atoms with Crippen LogP contribution in [0.25, 0.3) is 10.8 Å². The highest BCUT2D eigenvalue weighted by molar-refractivity contribution is 5.99. The van der Waals surface area contributed by atoms with Gasteiger partial charge in [-0.15, -0.1) is 0 Å². The molecule has 0 aliphatic heterocycles. The smallest absolute Gasteiger partial charge is 0.308 e. The fraction of sp³-hybridized carbons (Fsp3) is 0.263. The Kier molecular flexibility index (Phi) is 3.01. The van der Waals surface area contributed by atoms with Crippen molar-refractivity contribution in [3.63, 3.8) is 0 Å². The van der Waals surface area contributed by atoms with Gasteiger partial charge in [0.15, 0.2) is 0 Å². The topological polar surface area (TPSA) is 52.6 Å². The van der Waals surface area contributed by atoms with Gasteiger partial charge >= 0.3 is 11.9 Å². The molecule has 0 aromatic heterocycles. The Morgan fingerprint density at radius 3 is 1.70 bits per heavy atom. The monoisotopic (exact) mass is 308 g/mol. The van der Waals surface area contributed by atoms with Crippen molar-refractivity contribution in [1.82, 2.24) is 0 Å². The maximum atomic E-state index is 11.6. The fourth-order valence-electron chi connectivity index (χ4n) is 3.78. The molecule has 116 valence electrons. The van der Waals surface area contributed by atoms with Crippen LogP contribution in [0.5, 0.6) is 11.5 Å². The molecule has 0 spiro atoms. The van der Waals surface area contributed by atoms with Gasteiger partial charge < -0.3 is 9.47 Å². The van der Waals surface area contributed by atoms with E-state index in [0.29, 0.717) is 11.5 Å². The van der Waals surface area contributed by atoms with E-state index in [1.807, 2.05) is 24.3 Å². The molecular formula is C19H16O4. The van der Waals surface area contributed by atoms with Crippen molar-refractivity contribution in [2.45, 2.75) is 32.1 Å². The summed E-state index contributed by atoms with van der Waals surface area (Å²) in [4.78, 5) is 23.2. The second kappa shape index (κ2) is 4.95. The van der Waals surface area contributed by atoms with Gasteiger partial charge in [0.25, 0.3) is 0 Å². The molecule has 23 heavy (non-hydrogen) atoms. The third kappa shape index (κ3) is 2.05. The van der Waals surface area contributed by atoms with E-state index in [1.165, 1.54) is 13.8 Å². The van der Waals surface area contributed by atoms with Gasteiger partial charge in [-0.3, -0.25) is 9.59 Å². The van der Waals surface area contributed by atoms with Gasteiger partial charge in [-0.05, 0) is 6.42 Å². The van der Waals surface area contributed by atoms with Crippen molar-refractivity contribution >= 4 is 22.7 Å². The molecule has 2 atom stereocenters. The Hall–Kier alpha value is -2.62. The standard InChI is InChI=1S/C19H16O4/c1-10(20)22-18-14-5-3-4-6-15(14)19(23-11(2)21)17-13-8-7-12(9-13)16(17)18/h3-8,12-13H,9H2,1-2H3/t12-,13+. The number of ether oxygens (including phenoxy) is 2. The lowest BCUT2D eigenvalue weighted by Gasteiger charge is -2.21. The Morgan fingerprint density at radius 1 is 0.870 bits per heavy atom. The number of esters is 2. The predicted molar refractivity (Wildman–Crippen MR) is 85.8 cm³/mol. The van der Waals surface area contributed by atoms with E-state index in [1.54, 1.807) is 0 Å². The molecule has 0 radical (unpaired) electrons. The molecular weight excluding hydrogens is 292 g/mol. The molecule has 2 aliphatic rings. The maximum absolute atomic E-state index is 11.6. The largest absolute Gasteiger partial charge is 0.426 e. The summed E-state index contributed by atoms with van der Waals surface area (Å²) < 4.78 is 11.1. The maximum Gasteiger partial charge on any atom is 0.308 e. The SMILES string of the molecule is CC(=O)Oc1c2c(c(OC(C)=O)c3ccccc13)[C@H]1C=C[C@@H]2C1. The van der Waals surface area contributed by atoms with Gasteiger partial charge in [0.1, 0.15) is 11.5 Å². The number of fused-ring (bicyclic) bond motifs is 6. The van der Waals surface area contributed by atoms with E-state index in [9.17, 15) is 9.59 Å². The van der Waals surface area contributed by atoms with Crippen LogP contribution >= 0.6 is 0 Å². The zero-order valence-corrected chi connectivity index (χ0v) is 13.0. The van der Waals surface area contributed by atoms with E-state index >= 15 is 0 Å². The third-order valence-corrected chi connectivity index (χ3v) is 4.51. The molecule has 2 aromatic rings. The molecule has 0 amide bonds. The number of hydrogen-bond acceptors (Lipinski definition) is 4. The van der Waals surface area contributed by atoms with Crippen LogP contribution in [0.4, 0.5) is 0 Å². The van der Waals surface area contributed by atoms with Crippen molar-refractivity contribution in [2.75, 3.05) is 0 Å². The molecule has 2 aromatic carbocycles. The van der Waals surface area contributed by atoms with Crippen molar-refractivity contribution in [2.24, 2.45) is 0 Å². The molecule has 2 bridgehead atoms. The first-order chi connectivity index (χ1) is 11.1. The first kappa shape index (κ1) is 14.0. The molecule has 0 N–H and O–H groups in total. The van der Waals surface area contributed by atoms with E-state index in [0.717, 1.165) is 28.3 Å². The van der Waals surface area contributed by atoms with Crippen LogP contribution in [-0.4, -0.2) is 11.9 Å². The highest BCUT2D eigenvalue weighted by Crippen LogP contribution is 2.58. The molecule has 0 saturated heterocycles. The molecule has 4 heteroatoms. The van der Waals surface area contributed by atoms with Crippen LogP contribution in [0, 0.1) is 0 Å². The summed E-state index contributed by atoms with van der Waals surface area (Å²) in [6, 6.07) is 7.58. The van der Waals surface area contributed by atoms with Gasteiger partial charge in [-0.2, -0.15) is 0 Å². The van der Waals surface area contributed by atoms with Crippen LogP contribution < -0.4 is 9.47 Å². The van der Waals surface area contributed by atoms with Crippen LogP contribution in [-0.2, 0) is 9.59 Å². The minimum absolute atomic E-state index is 0.211. The summed E-state index contributed by atoms with van der Waals surface area (Å²) in [6.07, 6.45) is 5.23. The average molecular weight is 308 g/mol. The molecule has 4 rings (SSSR count). The lowest BCUT2D eigenvalue weighted by Crippen LogP contribution is -2.10. The summed E-state index contributed by atoms with van der Waals surface area (Å²) in [7, 11) is 0. The lowest BCUT2D eigenvalue weighted by atomic mass is 9.90. The normalized spacial score (nSPS) is 20.6. The van der Waals surface area contributed by atoms with E-state index in [-0.39, 0.29) is 23.8 Å². The van der Waals surface area contributed by atoms with Crippen LogP contribution in [0.3, 0.4) is 0 Å². The van der Waals surface area contributed by atoms with Crippen LogP contribution in [0.2, 0.25) is 0 Å². The number of carbonyl (C=O) groups is 2. The summed E-state index contributed by atoms with van der Waals surface area (Å²) in [6.45, 7) is 2.81. The number of benzene rings is 2. The molecule has 0 saturated carbocycles. The predicted octanol–water partition coefficient (Wildman–Crippen LogP) is 3.83. The molecule has 0 heterocycles. The summed E-state index contributed by atoms with van der Waals surface area (Å²) in [5, 5.41) is 1.61. The number of rotatable bonds is 2. The summed E-state index contributed by atoms with van der Waals surface area (Å²) in [5.41, 5.74) is 1.98. The summed E-state index contributed by atoms with van der Waals surface area (Å²) >= 11 is 0. The van der Waals surface area contributed by atoms with Gasteiger partial charge in [0.05, 0.1) is 0 Å². The van der Waals surface area contributed by atoms with E-state index in [4.69, 9.17) is 9.47 Å². The zero-order valence-electron chi connectivity index (χ0n) is 13.0. The Morgan fingerprint density at radius 2 is 1.30 bits per heavy atom. The van der Waals surface area contributed by atoms with Crippen molar-refractivity contribution in [3.8, 4) is 11.5 Å². The summed E-state index contributed by atoms with van der Waals surface area (Å²) in [5.74, 6) is 0.951. The van der Waals surface area contributed by atoms with Crippen molar-refractivity contribution in [3.05, 3.63) is 47.5 Å². The second-order valence-corrected chi connectivity index (χ2v) is 6.05. The van der Waals surface area contributed by atoms with Crippen molar-refractivity contribution < 1.29 is 19.1 Å². The first-order valence-electron chi connectivity index (χ1n) is 7.70. The van der Waals surface area contributed by atoms with Gasteiger partial charge in [0, 0.05) is 47.6 Å². The highest BCUT2D eigenvalue weighted by atomic mass is 16.5. The Balaban J connectivity index is 2.09. The van der Waals surface area contributed by atoms with Gasteiger partial charge in [-0.1, -0.05) is 36.4 Å². The molecule has 2 aliphatic carbocycles. The van der Waals surface area contributed by atoms with Gasteiger partial charge in [-0.25, -0.2) is 0 Å². The van der Waals surface area contributed by atoms with Crippen LogP contribution in [0.15, 0.2) is 36.4 Å². The van der Waals surface area contributed by atoms with Gasteiger partial charge in [0.2, 0.25) is 0 Å². The highest BCUT2D eigenvalue weighted by Gasteiger charge is 2.40. The van der Waals surface area contributed by atoms with Crippen molar-refractivity contribution in [1.29, 1.82) is 0 Å². The minimum atomic E-state index is -0.343. The quantitative estimate of drug-likeness (QED) is 0.480.